The van der Waals surface area contributed by atoms with Gasteiger partial charge in [-0.1, -0.05) is 18.2 Å². The monoisotopic (exact) mass is 475 g/mol. The summed E-state index contributed by atoms with van der Waals surface area (Å²) >= 11 is 1.50. The molecule has 2 N–H and O–H groups in total. The summed E-state index contributed by atoms with van der Waals surface area (Å²) in [5, 5.41) is 3.49. The molecular weight excluding hydrogens is 453 g/mol. The van der Waals surface area contributed by atoms with Crippen LogP contribution in [0.2, 0.25) is 0 Å². The van der Waals surface area contributed by atoms with Crippen molar-refractivity contribution >= 4 is 44.2 Å². The van der Waals surface area contributed by atoms with Gasteiger partial charge in [-0.25, -0.2) is 14.4 Å². The second kappa shape index (κ2) is 8.83. The largest absolute Gasteiger partial charge is 0.342 e. The van der Waals surface area contributed by atoms with E-state index in [1.807, 2.05) is 13.8 Å². The second-order valence-corrected chi connectivity index (χ2v) is 9.39. The number of aromatic amines is 1. The fraction of sp³-hybridized carbons (Fsp3) is 0.200. The molecule has 0 spiro atoms. The average Bonchev–Trinajstić information content (AvgIpc) is 3.34. The van der Waals surface area contributed by atoms with Crippen molar-refractivity contribution in [1.29, 1.82) is 0 Å². The van der Waals surface area contributed by atoms with Crippen LogP contribution in [0.15, 0.2) is 53.6 Å². The van der Waals surface area contributed by atoms with E-state index in [4.69, 9.17) is 0 Å². The molecule has 9 heteroatoms. The van der Waals surface area contributed by atoms with Gasteiger partial charge in [0.15, 0.2) is 0 Å². The number of aryl methyl sites for hydroxylation is 3. The Morgan fingerprint density at radius 2 is 2.03 bits per heavy atom. The Kier molecular flexibility index (Phi) is 5.70. The maximum Gasteiger partial charge on any atom is 0.262 e. The highest BCUT2D eigenvalue weighted by atomic mass is 32.1. The number of nitrogens with one attached hydrogen (secondary N) is 2. The zero-order valence-corrected chi connectivity index (χ0v) is 19.5. The van der Waals surface area contributed by atoms with E-state index < -0.39 is 0 Å². The van der Waals surface area contributed by atoms with E-state index in [-0.39, 0.29) is 30.2 Å². The van der Waals surface area contributed by atoms with Crippen molar-refractivity contribution in [3.63, 3.8) is 0 Å². The van der Waals surface area contributed by atoms with Crippen LogP contribution in [0.25, 0.3) is 21.3 Å². The van der Waals surface area contributed by atoms with Crippen LogP contribution in [-0.4, -0.2) is 25.4 Å². The molecule has 172 valence electrons. The van der Waals surface area contributed by atoms with Gasteiger partial charge in [0, 0.05) is 30.0 Å². The van der Waals surface area contributed by atoms with Crippen molar-refractivity contribution in [2.45, 2.75) is 33.2 Å². The highest BCUT2D eigenvalue weighted by Gasteiger charge is 2.13. The molecule has 0 atom stereocenters. The summed E-state index contributed by atoms with van der Waals surface area (Å²) < 4.78 is 15.4. The van der Waals surface area contributed by atoms with Crippen molar-refractivity contribution in [2.24, 2.45) is 0 Å². The predicted octanol–water partition coefficient (Wildman–Crippen LogP) is 4.71. The van der Waals surface area contributed by atoms with Gasteiger partial charge in [-0.05, 0) is 49.2 Å². The standard InChI is InChI=1S/C25H22FN5O2S/c1-14-15(2)34-24-23(14)25(33)31(13-27-24)10-9-22(32)28-17-7-8-19-20(12-17)30-21(29-19)11-16-5-3-4-6-18(16)26/h3-8,12-13H,9-11H2,1-2H3,(H,28,32)(H,29,30). The summed E-state index contributed by atoms with van der Waals surface area (Å²) in [6.07, 6.45) is 1.98. The van der Waals surface area contributed by atoms with Crippen LogP contribution in [0.1, 0.15) is 28.2 Å². The molecule has 0 unspecified atom stereocenters. The number of carbonyl (C=O) groups excluding carboxylic acids is 1. The number of halogens is 1. The fourth-order valence-corrected chi connectivity index (χ4v) is 4.91. The van der Waals surface area contributed by atoms with Crippen molar-refractivity contribution in [2.75, 3.05) is 5.32 Å². The normalized spacial score (nSPS) is 11.4. The predicted molar refractivity (Wildman–Crippen MR) is 132 cm³/mol. The third-order valence-corrected chi connectivity index (χ3v) is 6.98. The summed E-state index contributed by atoms with van der Waals surface area (Å²) in [5.41, 5.74) is 3.48. The lowest BCUT2D eigenvalue weighted by atomic mass is 10.1. The molecule has 5 rings (SSSR count). The Morgan fingerprint density at radius 1 is 1.21 bits per heavy atom. The first-order valence-corrected chi connectivity index (χ1v) is 11.7. The Hall–Kier alpha value is -3.85. The van der Waals surface area contributed by atoms with E-state index in [1.165, 1.54) is 28.3 Å². The average molecular weight is 476 g/mol. The van der Waals surface area contributed by atoms with Crippen LogP contribution in [-0.2, 0) is 17.8 Å². The number of fused-ring (bicyclic) bond motifs is 2. The lowest BCUT2D eigenvalue weighted by Gasteiger charge is -2.07. The molecule has 3 heterocycles. The van der Waals surface area contributed by atoms with Crippen LogP contribution < -0.4 is 10.9 Å². The first-order valence-electron chi connectivity index (χ1n) is 10.9. The first kappa shape index (κ1) is 22.0. The number of thiophene rings is 1. The Labute approximate surface area is 198 Å². The van der Waals surface area contributed by atoms with Crippen molar-refractivity contribution in [3.05, 3.63) is 86.8 Å². The molecule has 0 aliphatic heterocycles. The molecule has 5 aromatic rings. The topological polar surface area (TPSA) is 92.7 Å². The van der Waals surface area contributed by atoms with E-state index in [2.05, 4.69) is 20.3 Å². The van der Waals surface area contributed by atoms with E-state index in [0.29, 0.717) is 28.9 Å². The number of hydrogen-bond donors (Lipinski definition) is 2. The lowest BCUT2D eigenvalue weighted by molar-refractivity contribution is -0.116. The fourth-order valence-electron chi connectivity index (χ4n) is 3.92. The molecule has 0 bridgehead atoms. The highest BCUT2D eigenvalue weighted by molar-refractivity contribution is 7.18. The molecule has 0 fully saturated rings. The van der Waals surface area contributed by atoms with Crippen LogP contribution >= 0.6 is 11.3 Å². The van der Waals surface area contributed by atoms with Gasteiger partial charge in [-0.15, -0.1) is 11.3 Å². The summed E-state index contributed by atoms with van der Waals surface area (Å²) in [5.74, 6) is 0.161. The van der Waals surface area contributed by atoms with Crippen molar-refractivity contribution in [3.8, 4) is 0 Å². The minimum Gasteiger partial charge on any atom is -0.342 e. The number of hydrogen-bond acceptors (Lipinski definition) is 5. The van der Waals surface area contributed by atoms with Crippen molar-refractivity contribution in [1.82, 2.24) is 19.5 Å². The zero-order valence-electron chi connectivity index (χ0n) is 18.7. The minimum atomic E-state index is -0.270. The highest BCUT2D eigenvalue weighted by Crippen LogP contribution is 2.25. The minimum absolute atomic E-state index is 0.124. The smallest absolute Gasteiger partial charge is 0.262 e. The Morgan fingerprint density at radius 3 is 2.85 bits per heavy atom. The number of H-pyrrole nitrogens is 1. The molecule has 0 saturated heterocycles. The third kappa shape index (κ3) is 4.22. The molecule has 2 aromatic carbocycles. The Balaban J connectivity index is 1.27. The SMILES string of the molecule is Cc1sc2ncn(CCC(=O)Nc3ccc4nc(Cc5ccccc5F)[nH]c4c3)c(=O)c2c1C. The van der Waals surface area contributed by atoms with Gasteiger partial charge in [-0.2, -0.15) is 0 Å². The number of imidazole rings is 1. The molecular formula is C25H22FN5O2S. The van der Waals surface area contributed by atoms with Crippen LogP contribution in [0.4, 0.5) is 10.1 Å². The Bertz CT molecular complexity index is 1600. The van der Waals surface area contributed by atoms with Crippen LogP contribution in [0, 0.1) is 19.7 Å². The first-order chi connectivity index (χ1) is 16.4. The van der Waals surface area contributed by atoms with Gasteiger partial charge in [0.05, 0.1) is 22.7 Å². The van der Waals surface area contributed by atoms with Gasteiger partial charge in [0.2, 0.25) is 5.91 Å². The summed E-state index contributed by atoms with van der Waals surface area (Å²) in [7, 11) is 0. The van der Waals surface area contributed by atoms with E-state index in [9.17, 15) is 14.0 Å². The van der Waals surface area contributed by atoms with E-state index in [1.54, 1.807) is 36.4 Å². The molecule has 1 amide bonds. The van der Waals surface area contributed by atoms with Gasteiger partial charge in [-0.3, -0.25) is 14.2 Å². The molecule has 0 radical (unpaired) electrons. The molecule has 0 saturated carbocycles. The van der Waals surface area contributed by atoms with Gasteiger partial charge in [0.1, 0.15) is 16.5 Å². The quantitative estimate of drug-likeness (QED) is 0.372. The maximum atomic E-state index is 13.9. The molecule has 7 nitrogen and oxygen atoms in total. The van der Waals surface area contributed by atoms with Crippen molar-refractivity contribution < 1.29 is 9.18 Å². The number of nitrogens with zero attached hydrogens (tertiary/aromatic N) is 3. The second-order valence-electron chi connectivity index (χ2n) is 8.19. The maximum absolute atomic E-state index is 13.9. The summed E-state index contributed by atoms with van der Waals surface area (Å²) in [6.45, 7) is 4.13. The summed E-state index contributed by atoms with van der Waals surface area (Å²) in [4.78, 5) is 39.2. The van der Waals surface area contributed by atoms with Gasteiger partial charge < -0.3 is 10.3 Å². The molecule has 34 heavy (non-hydrogen) atoms. The number of aromatic nitrogens is 4. The number of rotatable bonds is 6. The zero-order chi connectivity index (χ0) is 23.8. The molecule has 0 aliphatic rings. The summed E-state index contributed by atoms with van der Waals surface area (Å²) in [6, 6.07) is 12.0. The number of benzene rings is 2. The van der Waals surface area contributed by atoms with Gasteiger partial charge in [0.25, 0.3) is 5.56 Å². The van der Waals surface area contributed by atoms with E-state index >= 15 is 0 Å². The number of anilines is 1. The molecule has 3 aromatic heterocycles. The lowest BCUT2D eigenvalue weighted by Crippen LogP contribution is -2.23. The van der Waals surface area contributed by atoms with Gasteiger partial charge >= 0.3 is 0 Å². The van der Waals surface area contributed by atoms with Crippen LogP contribution in [0.3, 0.4) is 0 Å². The van der Waals surface area contributed by atoms with Crippen LogP contribution in [0.5, 0.6) is 0 Å². The third-order valence-electron chi connectivity index (χ3n) is 5.87. The van der Waals surface area contributed by atoms with E-state index in [0.717, 1.165) is 26.3 Å². The number of carbonyl (C=O) groups is 1. The molecule has 0 aliphatic carbocycles. The number of amides is 1.